The standard InChI is InChI=1S/C23H22N4O2S2/c1-13-14(2)30-22-18(13)20(24)26-23(27-22)31-19(15-7-5-4-6-8-15)21(28)25-16-9-11-17(29-3)12-10-16/h4-12,19H,1-3H3,(H,25,28)(H2,24,26,27). The van der Waals surface area contributed by atoms with E-state index in [4.69, 9.17) is 10.5 Å². The molecular formula is C23H22N4O2S2. The van der Waals surface area contributed by atoms with Gasteiger partial charge in [-0.15, -0.1) is 11.3 Å². The van der Waals surface area contributed by atoms with Crippen LogP contribution in [0.15, 0.2) is 59.8 Å². The molecule has 2 aromatic carbocycles. The lowest BCUT2D eigenvalue weighted by Crippen LogP contribution is -2.19. The number of carbonyl (C=O) groups excluding carboxylic acids is 1. The second-order valence-electron chi connectivity index (χ2n) is 6.98. The van der Waals surface area contributed by atoms with E-state index in [1.54, 1.807) is 42.7 Å². The second-order valence-corrected chi connectivity index (χ2v) is 9.26. The Balaban J connectivity index is 1.65. The van der Waals surface area contributed by atoms with E-state index >= 15 is 0 Å². The molecule has 2 heterocycles. The van der Waals surface area contributed by atoms with E-state index in [-0.39, 0.29) is 5.91 Å². The maximum absolute atomic E-state index is 13.2. The molecule has 8 heteroatoms. The molecule has 1 unspecified atom stereocenters. The normalized spacial score (nSPS) is 12.0. The van der Waals surface area contributed by atoms with Gasteiger partial charge in [-0.05, 0) is 49.2 Å². The van der Waals surface area contributed by atoms with Crippen LogP contribution >= 0.6 is 23.1 Å². The molecule has 4 rings (SSSR count). The number of amides is 1. The molecule has 0 saturated carbocycles. The third-order valence-corrected chi connectivity index (χ3v) is 7.17. The van der Waals surface area contributed by atoms with Crippen LogP contribution in [-0.4, -0.2) is 23.0 Å². The Morgan fingerprint density at radius 2 is 1.81 bits per heavy atom. The van der Waals surface area contributed by atoms with Gasteiger partial charge in [0.05, 0.1) is 12.5 Å². The van der Waals surface area contributed by atoms with Gasteiger partial charge in [0.1, 0.15) is 21.6 Å². The van der Waals surface area contributed by atoms with E-state index in [1.165, 1.54) is 11.8 Å². The fourth-order valence-corrected chi connectivity index (χ4v) is 5.26. The van der Waals surface area contributed by atoms with Crippen LogP contribution in [0.5, 0.6) is 5.75 Å². The quantitative estimate of drug-likeness (QED) is 0.303. The number of nitrogens with one attached hydrogen (secondary N) is 1. The van der Waals surface area contributed by atoms with Crippen molar-refractivity contribution in [3.05, 3.63) is 70.6 Å². The first-order chi connectivity index (χ1) is 15.0. The van der Waals surface area contributed by atoms with Crippen molar-refractivity contribution in [3.63, 3.8) is 0 Å². The average molecular weight is 451 g/mol. The van der Waals surface area contributed by atoms with Crippen molar-refractivity contribution < 1.29 is 9.53 Å². The van der Waals surface area contributed by atoms with Gasteiger partial charge in [-0.3, -0.25) is 4.79 Å². The Morgan fingerprint density at radius 3 is 2.48 bits per heavy atom. The molecule has 0 bridgehead atoms. The van der Waals surface area contributed by atoms with Crippen molar-refractivity contribution in [1.29, 1.82) is 0 Å². The smallest absolute Gasteiger partial charge is 0.242 e. The third-order valence-electron chi connectivity index (χ3n) is 4.96. The van der Waals surface area contributed by atoms with Gasteiger partial charge in [-0.25, -0.2) is 9.97 Å². The number of rotatable bonds is 6. The maximum atomic E-state index is 13.2. The number of aryl methyl sites for hydroxylation is 2. The van der Waals surface area contributed by atoms with Gasteiger partial charge >= 0.3 is 0 Å². The number of anilines is 2. The molecule has 1 atom stereocenters. The van der Waals surface area contributed by atoms with Crippen LogP contribution in [0.2, 0.25) is 0 Å². The molecule has 0 radical (unpaired) electrons. The lowest BCUT2D eigenvalue weighted by atomic mass is 10.1. The highest BCUT2D eigenvalue weighted by Gasteiger charge is 2.25. The van der Waals surface area contributed by atoms with Crippen LogP contribution < -0.4 is 15.8 Å². The van der Waals surface area contributed by atoms with E-state index in [0.29, 0.717) is 16.7 Å². The molecule has 3 N–H and O–H groups in total. The number of thiophene rings is 1. The minimum Gasteiger partial charge on any atom is -0.497 e. The van der Waals surface area contributed by atoms with Gasteiger partial charge in [-0.1, -0.05) is 42.1 Å². The van der Waals surface area contributed by atoms with E-state index in [1.807, 2.05) is 44.2 Å². The largest absolute Gasteiger partial charge is 0.497 e. The number of hydrogen-bond donors (Lipinski definition) is 2. The highest BCUT2D eigenvalue weighted by molar-refractivity contribution is 8.00. The van der Waals surface area contributed by atoms with E-state index in [0.717, 1.165) is 32.0 Å². The second kappa shape index (κ2) is 8.95. The Kier molecular flexibility index (Phi) is 6.11. The number of benzene rings is 2. The number of carbonyl (C=O) groups is 1. The number of nitrogen functional groups attached to an aromatic ring is 1. The molecule has 31 heavy (non-hydrogen) atoms. The molecule has 6 nitrogen and oxygen atoms in total. The van der Waals surface area contributed by atoms with Gasteiger partial charge in [0, 0.05) is 10.6 Å². The average Bonchev–Trinajstić information content (AvgIpc) is 3.07. The molecule has 0 aliphatic carbocycles. The summed E-state index contributed by atoms with van der Waals surface area (Å²) in [6, 6.07) is 16.8. The summed E-state index contributed by atoms with van der Waals surface area (Å²) in [4.78, 5) is 24.4. The maximum Gasteiger partial charge on any atom is 0.242 e. The van der Waals surface area contributed by atoms with Crippen LogP contribution in [0.3, 0.4) is 0 Å². The molecule has 1 amide bonds. The highest BCUT2D eigenvalue weighted by atomic mass is 32.2. The predicted molar refractivity (Wildman–Crippen MR) is 128 cm³/mol. The summed E-state index contributed by atoms with van der Waals surface area (Å²) in [5.41, 5.74) is 8.89. The van der Waals surface area contributed by atoms with Crippen molar-refractivity contribution in [1.82, 2.24) is 9.97 Å². The molecule has 0 saturated heterocycles. The van der Waals surface area contributed by atoms with Crippen molar-refractivity contribution in [2.75, 3.05) is 18.2 Å². The first-order valence-electron chi connectivity index (χ1n) is 9.66. The summed E-state index contributed by atoms with van der Waals surface area (Å²) in [6.45, 7) is 4.07. The fourth-order valence-electron chi connectivity index (χ4n) is 3.20. The molecule has 158 valence electrons. The van der Waals surface area contributed by atoms with Crippen molar-refractivity contribution in [2.45, 2.75) is 24.3 Å². The predicted octanol–water partition coefficient (Wildman–Crippen LogP) is 5.37. The summed E-state index contributed by atoms with van der Waals surface area (Å²) in [5.74, 6) is 1.00. The SMILES string of the molecule is COc1ccc(NC(=O)C(Sc2nc(N)c3c(C)c(C)sc3n2)c2ccccc2)cc1. The zero-order chi connectivity index (χ0) is 22.0. The van der Waals surface area contributed by atoms with Crippen molar-refractivity contribution in [2.24, 2.45) is 0 Å². The highest BCUT2D eigenvalue weighted by Crippen LogP contribution is 2.38. The monoisotopic (exact) mass is 450 g/mol. The molecule has 4 aromatic rings. The zero-order valence-corrected chi connectivity index (χ0v) is 19.0. The number of methoxy groups -OCH3 is 1. The molecule has 0 fully saturated rings. The number of nitrogens with two attached hydrogens (primary N) is 1. The number of fused-ring (bicyclic) bond motifs is 1. The number of aromatic nitrogens is 2. The van der Waals surface area contributed by atoms with Crippen LogP contribution in [0.25, 0.3) is 10.2 Å². The first-order valence-corrected chi connectivity index (χ1v) is 11.4. The zero-order valence-electron chi connectivity index (χ0n) is 17.4. The summed E-state index contributed by atoms with van der Waals surface area (Å²) in [6.07, 6.45) is 0. The molecular weight excluding hydrogens is 428 g/mol. The molecule has 0 spiro atoms. The minimum atomic E-state index is -0.540. The minimum absolute atomic E-state index is 0.165. The Morgan fingerprint density at radius 1 is 1.10 bits per heavy atom. The molecule has 2 aromatic heterocycles. The summed E-state index contributed by atoms with van der Waals surface area (Å²) >= 11 is 2.88. The van der Waals surface area contributed by atoms with Gasteiger partial charge in [0.25, 0.3) is 0 Å². The van der Waals surface area contributed by atoms with Crippen LogP contribution in [-0.2, 0) is 4.79 Å². The van der Waals surface area contributed by atoms with Gasteiger partial charge in [-0.2, -0.15) is 0 Å². The fraction of sp³-hybridized carbons (Fsp3) is 0.174. The number of nitrogens with zero attached hydrogens (tertiary/aromatic N) is 2. The van der Waals surface area contributed by atoms with E-state index < -0.39 is 5.25 Å². The Bertz CT molecular complexity index is 1220. The number of thioether (sulfide) groups is 1. The van der Waals surface area contributed by atoms with Gasteiger partial charge in [0.15, 0.2) is 5.16 Å². The third kappa shape index (κ3) is 4.50. The van der Waals surface area contributed by atoms with Crippen LogP contribution in [0.1, 0.15) is 21.3 Å². The summed E-state index contributed by atoms with van der Waals surface area (Å²) < 4.78 is 5.18. The summed E-state index contributed by atoms with van der Waals surface area (Å²) in [7, 11) is 1.61. The lowest BCUT2D eigenvalue weighted by molar-refractivity contribution is -0.115. The molecule has 0 aliphatic heterocycles. The van der Waals surface area contributed by atoms with Crippen molar-refractivity contribution in [3.8, 4) is 5.75 Å². The first kappa shape index (κ1) is 21.1. The van der Waals surface area contributed by atoms with Gasteiger partial charge in [0.2, 0.25) is 5.91 Å². The van der Waals surface area contributed by atoms with Crippen LogP contribution in [0, 0.1) is 13.8 Å². The topological polar surface area (TPSA) is 90.1 Å². The molecule has 0 aliphatic rings. The van der Waals surface area contributed by atoms with E-state index in [9.17, 15) is 4.79 Å². The lowest BCUT2D eigenvalue weighted by Gasteiger charge is -2.16. The van der Waals surface area contributed by atoms with Gasteiger partial charge < -0.3 is 15.8 Å². The summed E-state index contributed by atoms with van der Waals surface area (Å²) in [5, 5.41) is 3.81. The Labute approximate surface area is 188 Å². The van der Waals surface area contributed by atoms with E-state index in [2.05, 4.69) is 15.3 Å². The van der Waals surface area contributed by atoms with Crippen molar-refractivity contribution >= 4 is 50.7 Å². The number of ether oxygens (including phenoxy) is 1. The van der Waals surface area contributed by atoms with Crippen LogP contribution in [0.4, 0.5) is 11.5 Å². The number of hydrogen-bond acceptors (Lipinski definition) is 7. The Hall–Kier alpha value is -3.10.